The summed E-state index contributed by atoms with van der Waals surface area (Å²) in [5, 5.41) is 1.48. The van der Waals surface area contributed by atoms with E-state index in [-0.39, 0.29) is 5.82 Å². The fourth-order valence-corrected chi connectivity index (χ4v) is 2.90. The van der Waals surface area contributed by atoms with Crippen LogP contribution in [0, 0.1) is 5.82 Å². The summed E-state index contributed by atoms with van der Waals surface area (Å²) in [7, 11) is 0. The second-order valence-corrected chi connectivity index (χ2v) is 5.13. The van der Waals surface area contributed by atoms with Gasteiger partial charge in [0.2, 0.25) is 0 Å². The lowest BCUT2D eigenvalue weighted by atomic mass is 10.2. The van der Waals surface area contributed by atoms with Crippen LogP contribution in [-0.2, 0) is 5.33 Å². The molecule has 0 radical (unpaired) electrons. The van der Waals surface area contributed by atoms with E-state index in [2.05, 4.69) is 28.6 Å². The number of rotatable bonds is 1. The first kappa shape index (κ1) is 9.49. The van der Waals surface area contributed by atoms with E-state index in [0.717, 1.165) is 14.3 Å². The van der Waals surface area contributed by atoms with Gasteiger partial charge in [0, 0.05) is 10.0 Å². The summed E-state index contributed by atoms with van der Waals surface area (Å²) in [6, 6.07) is 5.30. The third kappa shape index (κ3) is 1.75. The molecule has 0 aliphatic heterocycles. The fourth-order valence-electron chi connectivity index (χ4n) is 1.19. The zero-order chi connectivity index (χ0) is 9.42. The van der Waals surface area contributed by atoms with Crippen molar-refractivity contribution >= 4 is 50.0 Å². The van der Waals surface area contributed by atoms with Gasteiger partial charge in [0.15, 0.2) is 0 Å². The number of benzene rings is 1. The third-order valence-corrected chi connectivity index (χ3v) is 3.72. The highest BCUT2D eigenvalue weighted by Gasteiger charge is 2.05. The van der Waals surface area contributed by atoms with Crippen LogP contribution in [0.3, 0.4) is 0 Å². The van der Waals surface area contributed by atoms with Gasteiger partial charge in [-0.15, -0.1) is 24.0 Å². The Balaban J connectivity index is 2.72. The Bertz CT molecular complexity index is 450. The molecule has 4 heteroatoms. The average molecular weight is 277 g/mol. The molecule has 0 aliphatic carbocycles. The Labute approximate surface area is 93.3 Å². The van der Waals surface area contributed by atoms with Crippen LogP contribution in [0.25, 0.3) is 10.1 Å². The van der Waals surface area contributed by atoms with E-state index in [0.29, 0.717) is 10.9 Å². The fraction of sp³-hybridized carbons (Fsp3) is 0.111. The molecule has 0 N–H and O–H groups in total. The molecule has 0 unspecified atom stereocenters. The molecule has 0 aliphatic rings. The van der Waals surface area contributed by atoms with Gasteiger partial charge in [0.05, 0.1) is 4.21 Å². The van der Waals surface area contributed by atoms with Crippen molar-refractivity contribution in [2.24, 2.45) is 0 Å². The number of hydrogen-bond acceptors (Lipinski definition) is 2. The maximum absolute atomic E-state index is 13.3. The molecule has 0 amide bonds. The maximum atomic E-state index is 13.3. The molecule has 0 bridgehead atoms. The summed E-state index contributed by atoms with van der Waals surface area (Å²) in [5.74, 6) is -0.157. The predicted molar refractivity (Wildman–Crippen MR) is 61.7 cm³/mol. The van der Waals surface area contributed by atoms with Crippen LogP contribution in [-0.4, -0.2) is 0 Å². The SMILES string of the molecule is Fc1cc2cc(S)sc2cc1CBr. The summed E-state index contributed by atoms with van der Waals surface area (Å²) in [5.41, 5.74) is 0.697. The molecule has 1 heterocycles. The Morgan fingerprint density at radius 3 is 2.85 bits per heavy atom. The largest absolute Gasteiger partial charge is 0.207 e. The van der Waals surface area contributed by atoms with Gasteiger partial charge >= 0.3 is 0 Å². The Hall–Kier alpha value is -0.0600. The molecular weight excluding hydrogens is 271 g/mol. The first-order valence-electron chi connectivity index (χ1n) is 3.67. The average Bonchev–Trinajstić information content (AvgIpc) is 2.42. The van der Waals surface area contributed by atoms with E-state index in [1.807, 2.05) is 12.1 Å². The molecule has 2 aromatic rings. The monoisotopic (exact) mass is 276 g/mol. The predicted octanol–water partition coefficient (Wildman–Crippen LogP) is 4.22. The van der Waals surface area contributed by atoms with Crippen LogP contribution in [0.15, 0.2) is 22.4 Å². The third-order valence-electron chi connectivity index (χ3n) is 1.82. The number of hydrogen-bond donors (Lipinski definition) is 1. The minimum atomic E-state index is -0.157. The summed E-state index contributed by atoms with van der Waals surface area (Å²) in [4.78, 5) is 0. The molecule has 0 atom stereocenters. The van der Waals surface area contributed by atoms with Crippen LogP contribution in [0.5, 0.6) is 0 Å². The van der Waals surface area contributed by atoms with E-state index in [1.54, 1.807) is 17.4 Å². The van der Waals surface area contributed by atoms with Crippen molar-refractivity contribution < 1.29 is 4.39 Å². The molecule has 0 saturated carbocycles. The summed E-state index contributed by atoms with van der Waals surface area (Å²) < 4.78 is 15.3. The Morgan fingerprint density at radius 2 is 2.15 bits per heavy atom. The first-order valence-corrected chi connectivity index (χ1v) is 6.06. The molecule has 1 aromatic carbocycles. The van der Waals surface area contributed by atoms with E-state index in [1.165, 1.54) is 0 Å². The molecule has 0 saturated heterocycles. The standard InChI is InChI=1S/C9H6BrFS2/c10-4-6-2-8-5(1-7(6)11)3-9(12)13-8/h1-3,12H,4H2. The van der Waals surface area contributed by atoms with E-state index >= 15 is 0 Å². The van der Waals surface area contributed by atoms with Gasteiger partial charge in [0.25, 0.3) is 0 Å². The van der Waals surface area contributed by atoms with E-state index in [4.69, 9.17) is 0 Å². The van der Waals surface area contributed by atoms with Crippen LogP contribution >= 0.6 is 39.9 Å². The van der Waals surface area contributed by atoms with Crippen LogP contribution in [0.4, 0.5) is 4.39 Å². The van der Waals surface area contributed by atoms with Crippen molar-refractivity contribution in [3.63, 3.8) is 0 Å². The van der Waals surface area contributed by atoms with E-state index in [9.17, 15) is 4.39 Å². The maximum Gasteiger partial charge on any atom is 0.127 e. The zero-order valence-corrected chi connectivity index (χ0v) is 9.85. The summed E-state index contributed by atoms with van der Waals surface area (Å²) >= 11 is 9.04. The minimum absolute atomic E-state index is 0.157. The van der Waals surface area contributed by atoms with Crippen molar-refractivity contribution in [1.29, 1.82) is 0 Å². The number of halogens is 2. The molecule has 0 fully saturated rings. The quantitative estimate of drug-likeness (QED) is 0.585. The van der Waals surface area contributed by atoms with Crippen molar-refractivity contribution in [1.82, 2.24) is 0 Å². The number of alkyl halides is 1. The summed E-state index contributed by atoms with van der Waals surface area (Å²) in [6.45, 7) is 0. The van der Waals surface area contributed by atoms with Crippen molar-refractivity contribution in [3.05, 3.63) is 29.6 Å². The number of thiol groups is 1. The molecule has 1 aromatic heterocycles. The highest BCUT2D eigenvalue weighted by molar-refractivity contribution is 9.08. The minimum Gasteiger partial charge on any atom is -0.207 e. The van der Waals surface area contributed by atoms with Gasteiger partial charge < -0.3 is 0 Å². The Morgan fingerprint density at radius 1 is 1.38 bits per heavy atom. The van der Waals surface area contributed by atoms with Crippen LogP contribution in [0.1, 0.15) is 5.56 Å². The molecule has 0 spiro atoms. The van der Waals surface area contributed by atoms with E-state index < -0.39 is 0 Å². The molecular formula is C9H6BrFS2. The molecule has 2 rings (SSSR count). The van der Waals surface area contributed by atoms with Crippen LogP contribution < -0.4 is 0 Å². The van der Waals surface area contributed by atoms with Gasteiger partial charge in [-0.2, -0.15) is 0 Å². The highest BCUT2D eigenvalue weighted by atomic mass is 79.9. The zero-order valence-electron chi connectivity index (χ0n) is 6.55. The molecule has 0 nitrogen and oxygen atoms in total. The number of fused-ring (bicyclic) bond motifs is 1. The summed E-state index contributed by atoms with van der Waals surface area (Å²) in [6.07, 6.45) is 0. The van der Waals surface area contributed by atoms with Gasteiger partial charge in [-0.05, 0) is 29.1 Å². The second kappa shape index (κ2) is 3.59. The number of thiophene rings is 1. The topological polar surface area (TPSA) is 0 Å². The van der Waals surface area contributed by atoms with Gasteiger partial charge in [-0.25, -0.2) is 4.39 Å². The second-order valence-electron chi connectivity index (χ2n) is 2.70. The van der Waals surface area contributed by atoms with Gasteiger partial charge in [0.1, 0.15) is 5.82 Å². The first-order chi connectivity index (χ1) is 6.20. The lowest BCUT2D eigenvalue weighted by Crippen LogP contribution is -1.83. The van der Waals surface area contributed by atoms with Gasteiger partial charge in [-0.1, -0.05) is 15.9 Å². The molecule has 68 valence electrons. The Kier molecular flexibility index (Phi) is 2.62. The lowest BCUT2D eigenvalue weighted by molar-refractivity contribution is 0.620. The highest BCUT2D eigenvalue weighted by Crippen LogP contribution is 2.30. The molecule has 13 heavy (non-hydrogen) atoms. The van der Waals surface area contributed by atoms with Crippen molar-refractivity contribution in [3.8, 4) is 0 Å². The van der Waals surface area contributed by atoms with Crippen molar-refractivity contribution in [2.75, 3.05) is 0 Å². The lowest BCUT2D eigenvalue weighted by Gasteiger charge is -1.97. The van der Waals surface area contributed by atoms with Crippen molar-refractivity contribution in [2.45, 2.75) is 9.54 Å². The van der Waals surface area contributed by atoms with Gasteiger partial charge in [-0.3, -0.25) is 0 Å². The smallest absolute Gasteiger partial charge is 0.127 e. The normalized spacial score (nSPS) is 11.0. The van der Waals surface area contributed by atoms with Crippen LogP contribution in [0.2, 0.25) is 0 Å².